The molecule has 2 nitrogen and oxygen atoms in total. The zero-order valence-electron chi connectivity index (χ0n) is 15.1. The Bertz CT molecular complexity index is 621. The molecule has 0 aromatic heterocycles. The number of nitrogens with zero attached hydrogens (tertiary/aromatic N) is 1. The van der Waals surface area contributed by atoms with E-state index in [1.165, 1.54) is 22.4 Å². The van der Waals surface area contributed by atoms with Gasteiger partial charge in [-0.25, -0.2) is 0 Å². The first-order valence-electron chi connectivity index (χ1n) is 8.38. The first kappa shape index (κ1) is 17.6. The van der Waals surface area contributed by atoms with Gasteiger partial charge in [0, 0.05) is 25.7 Å². The summed E-state index contributed by atoms with van der Waals surface area (Å²) in [6.45, 7) is 7.41. The summed E-state index contributed by atoms with van der Waals surface area (Å²) in [5.41, 5.74) is 11.5. The molecule has 0 radical (unpaired) electrons. The first-order valence-corrected chi connectivity index (χ1v) is 8.38. The number of rotatable bonds is 5. The predicted molar refractivity (Wildman–Crippen MR) is 101 cm³/mol. The summed E-state index contributed by atoms with van der Waals surface area (Å²) in [5, 5.41) is 0. The normalized spacial score (nSPS) is 13.0. The van der Waals surface area contributed by atoms with Crippen LogP contribution < -0.4 is 10.6 Å². The van der Waals surface area contributed by atoms with Crippen LogP contribution in [0.5, 0.6) is 0 Å². The average molecular weight is 310 g/mol. The van der Waals surface area contributed by atoms with E-state index in [4.69, 9.17) is 5.73 Å². The van der Waals surface area contributed by atoms with Crippen molar-refractivity contribution >= 4 is 5.69 Å². The average Bonchev–Trinajstić information content (AvgIpc) is 2.52. The summed E-state index contributed by atoms with van der Waals surface area (Å²) in [6, 6.07) is 17.7. The maximum absolute atomic E-state index is 6.06. The van der Waals surface area contributed by atoms with Crippen molar-refractivity contribution in [3.63, 3.8) is 0 Å². The number of hydrogen-bond acceptors (Lipinski definition) is 2. The lowest BCUT2D eigenvalue weighted by molar-refractivity contribution is 0.589. The lowest BCUT2D eigenvalue weighted by Gasteiger charge is -2.21. The van der Waals surface area contributed by atoms with E-state index in [2.05, 4.69) is 88.3 Å². The highest BCUT2D eigenvalue weighted by Crippen LogP contribution is 2.26. The van der Waals surface area contributed by atoms with E-state index >= 15 is 0 Å². The largest absolute Gasteiger partial charge is 0.378 e. The van der Waals surface area contributed by atoms with Crippen molar-refractivity contribution in [3.8, 4) is 0 Å². The lowest BCUT2D eigenvalue weighted by Crippen LogP contribution is -2.16. The van der Waals surface area contributed by atoms with Crippen molar-refractivity contribution in [2.75, 3.05) is 25.5 Å². The Morgan fingerprint density at radius 3 is 2.17 bits per heavy atom. The molecule has 0 aliphatic rings. The highest BCUT2D eigenvalue weighted by atomic mass is 15.1. The Kier molecular flexibility index (Phi) is 5.48. The van der Waals surface area contributed by atoms with E-state index in [9.17, 15) is 0 Å². The van der Waals surface area contributed by atoms with Gasteiger partial charge in [-0.3, -0.25) is 0 Å². The quantitative estimate of drug-likeness (QED) is 0.890. The monoisotopic (exact) mass is 310 g/mol. The topological polar surface area (TPSA) is 29.3 Å². The molecule has 0 bridgehead atoms. The zero-order valence-corrected chi connectivity index (χ0v) is 15.1. The zero-order chi connectivity index (χ0) is 17.0. The van der Waals surface area contributed by atoms with Gasteiger partial charge in [-0.2, -0.15) is 0 Å². The van der Waals surface area contributed by atoms with E-state index in [0.29, 0.717) is 12.5 Å². The van der Waals surface area contributed by atoms with E-state index < -0.39 is 0 Å². The van der Waals surface area contributed by atoms with Crippen molar-refractivity contribution < 1.29 is 0 Å². The molecular formula is C21H30N2. The third-order valence-corrected chi connectivity index (χ3v) is 4.44. The number of benzene rings is 2. The summed E-state index contributed by atoms with van der Waals surface area (Å²) >= 11 is 0. The van der Waals surface area contributed by atoms with Crippen molar-refractivity contribution in [1.29, 1.82) is 0 Å². The molecule has 1 unspecified atom stereocenters. The molecule has 2 aromatic carbocycles. The summed E-state index contributed by atoms with van der Waals surface area (Å²) in [4.78, 5) is 2.13. The van der Waals surface area contributed by atoms with Crippen LogP contribution in [-0.2, 0) is 11.8 Å². The third kappa shape index (κ3) is 4.59. The van der Waals surface area contributed by atoms with Crippen LogP contribution in [-0.4, -0.2) is 20.6 Å². The highest BCUT2D eigenvalue weighted by Gasteiger charge is 2.15. The third-order valence-electron chi connectivity index (χ3n) is 4.44. The number of hydrogen-bond donors (Lipinski definition) is 1. The van der Waals surface area contributed by atoms with Gasteiger partial charge in [-0.1, -0.05) is 57.2 Å². The Labute approximate surface area is 141 Å². The van der Waals surface area contributed by atoms with Gasteiger partial charge in [0.05, 0.1) is 0 Å². The predicted octanol–water partition coefficient (Wildman–Crippen LogP) is 4.34. The second kappa shape index (κ2) is 7.18. The maximum Gasteiger partial charge on any atom is 0.0363 e. The molecule has 0 fully saturated rings. The van der Waals surface area contributed by atoms with E-state index in [1.54, 1.807) is 0 Å². The molecule has 2 rings (SSSR count). The summed E-state index contributed by atoms with van der Waals surface area (Å²) in [6.07, 6.45) is 0.984. The molecule has 0 saturated carbocycles. The van der Waals surface area contributed by atoms with Crippen LogP contribution in [0.1, 0.15) is 43.4 Å². The van der Waals surface area contributed by atoms with Crippen molar-refractivity contribution in [2.45, 2.75) is 38.5 Å². The lowest BCUT2D eigenvalue weighted by atomic mass is 9.85. The smallest absolute Gasteiger partial charge is 0.0363 e. The minimum absolute atomic E-state index is 0.200. The van der Waals surface area contributed by atoms with Crippen LogP contribution in [0.2, 0.25) is 0 Å². The number of anilines is 1. The molecule has 2 heteroatoms. The fraction of sp³-hybridized carbons (Fsp3) is 0.429. The Balaban J connectivity index is 2.18. The second-order valence-electron chi connectivity index (χ2n) is 7.57. The highest BCUT2D eigenvalue weighted by molar-refractivity contribution is 5.48. The Morgan fingerprint density at radius 1 is 1.00 bits per heavy atom. The standard InChI is InChI=1S/C21H30N2/c1-21(2,3)19-11-9-16(10-12-19)13-18(15-22)17-7-6-8-20(14-17)23(4)5/h6-12,14,18H,13,15,22H2,1-5H3. The van der Waals surface area contributed by atoms with E-state index in [-0.39, 0.29) is 5.41 Å². The van der Waals surface area contributed by atoms with Crippen LogP contribution in [0.15, 0.2) is 48.5 Å². The van der Waals surface area contributed by atoms with Crippen molar-refractivity contribution in [3.05, 3.63) is 65.2 Å². The Morgan fingerprint density at radius 2 is 1.65 bits per heavy atom. The molecular weight excluding hydrogens is 280 g/mol. The minimum atomic E-state index is 0.200. The molecule has 1 atom stereocenters. The van der Waals surface area contributed by atoms with Gasteiger partial charge in [0.15, 0.2) is 0 Å². The fourth-order valence-electron chi connectivity index (χ4n) is 2.82. The summed E-state index contributed by atoms with van der Waals surface area (Å²) < 4.78 is 0. The van der Waals surface area contributed by atoms with Crippen molar-refractivity contribution in [2.24, 2.45) is 5.73 Å². The molecule has 0 aliphatic carbocycles. The number of nitrogens with two attached hydrogens (primary N) is 1. The van der Waals surface area contributed by atoms with Gasteiger partial charge >= 0.3 is 0 Å². The molecule has 0 amide bonds. The van der Waals surface area contributed by atoms with Crippen LogP contribution in [0.4, 0.5) is 5.69 Å². The van der Waals surface area contributed by atoms with Gasteiger partial charge in [0.25, 0.3) is 0 Å². The second-order valence-corrected chi connectivity index (χ2v) is 7.57. The first-order chi connectivity index (χ1) is 10.8. The minimum Gasteiger partial charge on any atom is -0.378 e. The van der Waals surface area contributed by atoms with Crippen LogP contribution >= 0.6 is 0 Å². The molecule has 0 aliphatic heterocycles. The summed E-state index contributed by atoms with van der Waals surface area (Å²) in [7, 11) is 4.14. The SMILES string of the molecule is CN(C)c1cccc(C(CN)Cc2ccc(C(C)(C)C)cc2)c1. The van der Waals surface area contributed by atoms with Crippen molar-refractivity contribution in [1.82, 2.24) is 0 Å². The van der Waals surface area contributed by atoms with Gasteiger partial charge in [0.2, 0.25) is 0 Å². The van der Waals surface area contributed by atoms with Crippen LogP contribution in [0.3, 0.4) is 0 Å². The van der Waals surface area contributed by atoms with Gasteiger partial charge in [-0.05, 0) is 47.2 Å². The van der Waals surface area contributed by atoms with Gasteiger partial charge < -0.3 is 10.6 Å². The van der Waals surface area contributed by atoms with E-state index in [0.717, 1.165) is 6.42 Å². The molecule has 124 valence electrons. The summed E-state index contributed by atoms with van der Waals surface area (Å²) in [5.74, 6) is 0.357. The maximum atomic E-state index is 6.06. The fourth-order valence-corrected chi connectivity index (χ4v) is 2.82. The van der Waals surface area contributed by atoms with Crippen LogP contribution in [0.25, 0.3) is 0 Å². The molecule has 0 heterocycles. The molecule has 0 saturated heterocycles. The van der Waals surface area contributed by atoms with E-state index in [1.807, 2.05) is 0 Å². The van der Waals surface area contributed by atoms with Gasteiger partial charge in [0.1, 0.15) is 0 Å². The molecule has 2 aromatic rings. The Hall–Kier alpha value is -1.80. The van der Waals surface area contributed by atoms with Crippen LogP contribution in [0, 0.1) is 0 Å². The molecule has 0 spiro atoms. The molecule has 23 heavy (non-hydrogen) atoms. The molecule has 2 N–H and O–H groups in total. The van der Waals surface area contributed by atoms with Gasteiger partial charge in [-0.15, -0.1) is 0 Å².